The van der Waals surface area contributed by atoms with Gasteiger partial charge in [0.1, 0.15) is 0 Å². The highest BCUT2D eigenvalue weighted by atomic mass is 16.2. The van der Waals surface area contributed by atoms with Crippen molar-refractivity contribution in [3.63, 3.8) is 0 Å². The van der Waals surface area contributed by atoms with Crippen molar-refractivity contribution in [2.45, 2.75) is 20.8 Å². The Bertz CT molecular complexity index is 991. The molecule has 6 heteroatoms. The third-order valence-corrected chi connectivity index (χ3v) is 4.53. The zero-order valence-corrected chi connectivity index (χ0v) is 15.4. The van der Waals surface area contributed by atoms with Crippen LogP contribution in [-0.4, -0.2) is 40.5 Å². The van der Waals surface area contributed by atoms with Crippen molar-refractivity contribution in [3.8, 4) is 0 Å². The van der Waals surface area contributed by atoms with E-state index in [2.05, 4.69) is 15.5 Å². The number of fused-ring (bicyclic) bond motifs is 1. The first-order chi connectivity index (χ1) is 12.4. The topological polar surface area (TPSA) is 78.1 Å². The third-order valence-electron chi connectivity index (χ3n) is 4.53. The lowest BCUT2D eigenvalue weighted by atomic mass is 10.1. The number of hydrogen-bond acceptors (Lipinski definition) is 3. The van der Waals surface area contributed by atoms with Gasteiger partial charge in [-0.2, -0.15) is 5.10 Å². The summed E-state index contributed by atoms with van der Waals surface area (Å²) in [6.07, 6.45) is 0. The number of likely N-dealkylation sites (N-methyl/N-ethyl adjacent to an activating group) is 1. The Morgan fingerprint density at radius 2 is 1.92 bits per heavy atom. The van der Waals surface area contributed by atoms with E-state index in [0.29, 0.717) is 5.69 Å². The van der Waals surface area contributed by atoms with E-state index in [4.69, 9.17) is 0 Å². The molecular formula is C20H22N4O2. The normalized spacial score (nSPS) is 10.8. The fourth-order valence-electron chi connectivity index (χ4n) is 2.84. The molecule has 2 N–H and O–H groups in total. The van der Waals surface area contributed by atoms with Crippen molar-refractivity contribution in [1.82, 2.24) is 15.1 Å². The number of rotatable bonds is 4. The van der Waals surface area contributed by atoms with Gasteiger partial charge in [-0.3, -0.25) is 14.7 Å². The molecule has 2 aromatic carbocycles. The van der Waals surface area contributed by atoms with E-state index in [0.717, 1.165) is 33.3 Å². The lowest BCUT2D eigenvalue weighted by molar-refractivity contribution is -0.116. The van der Waals surface area contributed by atoms with Crippen LogP contribution in [0.5, 0.6) is 0 Å². The zero-order valence-electron chi connectivity index (χ0n) is 15.4. The van der Waals surface area contributed by atoms with Gasteiger partial charge in [-0.15, -0.1) is 0 Å². The Balaban J connectivity index is 1.73. The number of benzene rings is 2. The van der Waals surface area contributed by atoms with E-state index < -0.39 is 0 Å². The number of nitrogens with zero attached hydrogens (tertiary/aromatic N) is 2. The van der Waals surface area contributed by atoms with Gasteiger partial charge in [0.25, 0.3) is 5.91 Å². The lowest BCUT2D eigenvalue weighted by Crippen LogP contribution is -2.35. The van der Waals surface area contributed by atoms with Gasteiger partial charge in [0.15, 0.2) is 5.69 Å². The third kappa shape index (κ3) is 3.44. The Morgan fingerprint density at radius 1 is 1.15 bits per heavy atom. The van der Waals surface area contributed by atoms with Crippen LogP contribution in [0.1, 0.15) is 27.2 Å². The maximum absolute atomic E-state index is 12.7. The second kappa shape index (κ2) is 7.00. The summed E-state index contributed by atoms with van der Waals surface area (Å²) in [6, 6.07) is 11.5. The molecule has 0 saturated carbocycles. The molecule has 1 heterocycles. The molecule has 6 nitrogen and oxygen atoms in total. The molecule has 0 atom stereocenters. The largest absolute Gasteiger partial charge is 0.331 e. The van der Waals surface area contributed by atoms with Gasteiger partial charge in [-0.1, -0.05) is 23.8 Å². The molecule has 3 aromatic rings. The predicted octanol–water partition coefficient (Wildman–Crippen LogP) is 3.20. The van der Waals surface area contributed by atoms with Crippen LogP contribution in [0.15, 0.2) is 36.4 Å². The second-order valence-corrected chi connectivity index (χ2v) is 6.58. The number of carbonyl (C=O) groups excluding carboxylic acids is 2. The van der Waals surface area contributed by atoms with Crippen LogP contribution in [0, 0.1) is 20.8 Å². The van der Waals surface area contributed by atoms with Gasteiger partial charge in [-0.05, 0) is 50.1 Å². The van der Waals surface area contributed by atoms with Crippen LogP contribution in [0.3, 0.4) is 0 Å². The van der Waals surface area contributed by atoms with Gasteiger partial charge < -0.3 is 10.2 Å². The van der Waals surface area contributed by atoms with Gasteiger partial charge in [0.05, 0.1) is 12.1 Å². The molecule has 134 valence electrons. The number of nitrogens with one attached hydrogen (secondary N) is 2. The predicted molar refractivity (Wildman–Crippen MR) is 102 cm³/mol. The molecule has 3 rings (SSSR count). The molecule has 1 aromatic heterocycles. The SMILES string of the molecule is Cc1ccc2[nH]nc(C(=O)N(C)CC(=O)Nc3cccc(C)c3C)c2c1. The summed E-state index contributed by atoms with van der Waals surface area (Å²) < 4.78 is 0. The molecule has 26 heavy (non-hydrogen) atoms. The van der Waals surface area contributed by atoms with Crippen LogP contribution in [0.25, 0.3) is 10.9 Å². The van der Waals surface area contributed by atoms with E-state index >= 15 is 0 Å². The highest BCUT2D eigenvalue weighted by Gasteiger charge is 2.20. The van der Waals surface area contributed by atoms with Crippen LogP contribution in [0.2, 0.25) is 0 Å². The first-order valence-electron chi connectivity index (χ1n) is 8.43. The fourth-order valence-corrected chi connectivity index (χ4v) is 2.84. The molecule has 0 bridgehead atoms. The van der Waals surface area contributed by atoms with Crippen molar-refractivity contribution >= 4 is 28.4 Å². The fraction of sp³-hybridized carbons (Fsp3) is 0.250. The summed E-state index contributed by atoms with van der Waals surface area (Å²) >= 11 is 0. The summed E-state index contributed by atoms with van der Waals surface area (Å²) in [6.45, 7) is 5.86. The minimum absolute atomic E-state index is 0.0492. The Labute approximate surface area is 152 Å². The summed E-state index contributed by atoms with van der Waals surface area (Å²) in [4.78, 5) is 26.4. The summed E-state index contributed by atoms with van der Waals surface area (Å²) in [7, 11) is 1.60. The van der Waals surface area contributed by atoms with Crippen LogP contribution in [0.4, 0.5) is 5.69 Å². The number of carbonyl (C=O) groups is 2. The summed E-state index contributed by atoms with van der Waals surface area (Å²) in [5, 5.41) is 10.6. The second-order valence-electron chi connectivity index (χ2n) is 6.58. The number of aromatic nitrogens is 2. The molecule has 0 unspecified atom stereocenters. The summed E-state index contributed by atoms with van der Waals surface area (Å²) in [5.41, 5.74) is 5.05. The van der Waals surface area contributed by atoms with E-state index in [1.807, 2.05) is 57.2 Å². The minimum atomic E-state index is -0.294. The van der Waals surface area contributed by atoms with Crippen molar-refractivity contribution in [1.29, 1.82) is 0 Å². The molecule has 0 aliphatic heterocycles. The summed E-state index contributed by atoms with van der Waals surface area (Å²) in [5.74, 6) is -0.538. The van der Waals surface area contributed by atoms with E-state index in [1.54, 1.807) is 7.05 Å². The average Bonchev–Trinajstić information content (AvgIpc) is 3.01. The van der Waals surface area contributed by atoms with Gasteiger partial charge >= 0.3 is 0 Å². The van der Waals surface area contributed by atoms with Crippen LogP contribution < -0.4 is 5.32 Å². The number of amides is 2. The Kier molecular flexibility index (Phi) is 4.75. The molecule has 2 amide bonds. The first kappa shape index (κ1) is 17.7. The molecular weight excluding hydrogens is 328 g/mol. The Hall–Kier alpha value is -3.15. The van der Waals surface area contributed by atoms with Crippen LogP contribution in [-0.2, 0) is 4.79 Å². The first-order valence-corrected chi connectivity index (χ1v) is 8.43. The average molecular weight is 350 g/mol. The van der Waals surface area contributed by atoms with Crippen molar-refractivity contribution < 1.29 is 9.59 Å². The number of aryl methyl sites for hydroxylation is 2. The highest BCUT2D eigenvalue weighted by Crippen LogP contribution is 2.20. The van der Waals surface area contributed by atoms with Crippen molar-refractivity contribution in [2.24, 2.45) is 0 Å². The monoisotopic (exact) mass is 350 g/mol. The van der Waals surface area contributed by atoms with Gasteiger partial charge in [0, 0.05) is 18.1 Å². The number of aromatic amines is 1. The molecule has 0 saturated heterocycles. The lowest BCUT2D eigenvalue weighted by Gasteiger charge is -2.17. The van der Waals surface area contributed by atoms with E-state index in [9.17, 15) is 9.59 Å². The minimum Gasteiger partial charge on any atom is -0.331 e. The van der Waals surface area contributed by atoms with Crippen molar-refractivity contribution in [3.05, 3.63) is 58.8 Å². The number of anilines is 1. The van der Waals surface area contributed by atoms with Gasteiger partial charge in [-0.25, -0.2) is 0 Å². The number of H-pyrrole nitrogens is 1. The maximum Gasteiger partial charge on any atom is 0.275 e. The Morgan fingerprint density at radius 3 is 2.69 bits per heavy atom. The standard InChI is InChI=1S/C20H22N4O2/c1-12-8-9-17-15(10-12)19(23-22-17)20(26)24(4)11-18(25)21-16-7-5-6-13(2)14(16)3/h5-10H,11H2,1-4H3,(H,21,25)(H,22,23). The maximum atomic E-state index is 12.7. The quantitative estimate of drug-likeness (QED) is 0.758. The molecule has 0 aliphatic carbocycles. The van der Waals surface area contributed by atoms with Crippen LogP contribution >= 0.6 is 0 Å². The number of hydrogen-bond donors (Lipinski definition) is 2. The highest BCUT2D eigenvalue weighted by molar-refractivity contribution is 6.06. The van der Waals surface area contributed by atoms with Gasteiger partial charge in [0.2, 0.25) is 5.91 Å². The zero-order chi connectivity index (χ0) is 18.8. The molecule has 0 radical (unpaired) electrons. The molecule has 0 aliphatic rings. The smallest absolute Gasteiger partial charge is 0.275 e. The van der Waals surface area contributed by atoms with E-state index in [1.165, 1.54) is 4.90 Å². The molecule has 0 spiro atoms. The van der Waals surface area contributed by atoms with Crippen molar-refractivity contribution in [2.75, 3.05) is 18.9 Å². The van der Waals surface area contributed by atoms with E-state index in [-0.39, 0.29) is 18.4 Å². The molecule has 0 fully saturated rings.